The van der Waals surface area contributed by atoms with Gasteiger partial charge in [0.1, 0.15) is 10.7 Å². The van der Waals surface area contributed by atoms with Crippen LogP contribution in [0.3, 0.4) is 0 Å². The number of anilines is 1. The molecule has 0 amide bonds. The summed E-state index contributed by atoms with van der Waals surface area (Å²) in [4.78, 5) is 4.35. The highest BCUT2D eigenvalue weighted by Crippen LogP contribution is 2.27. The third-order valence-corrected chi connectivity index (χ3v) is 6.38. The van der Waals surface area contributed by atoms with E-state index in [-0.39, 0.29) is 10.9 Å². The second-order valence-corrected chi connectivity index (χ2v) is 8.09. The van der Waals surface area contributed by atoms with Gasteiger partial charge in [0.2, 0.25) is 10.0 Å². The summed E-state index contributed by atoms with van der Waals surface area (Å²) in [5, 5.41) is 3.72. The molecule has 2 N–H and O–H groups in total. The largest absolute Gasteiger partial charge is 0.370 e. The van der Waals surface area contributed by atoms with Gasteiger partial charge in [0.05, 0.1) is 0 Å². The molecule has 0 aliphatic heterocycles. The number of sulfonamides is 1. The smallest absolute Gasteiger partial charge is 0.242 e. The molecule has 21 heavy (non-hydrogen) atoms. The maximum absolute atomic E-state index is 12.3. The Hall–Kier alpha value is -0.790. The van der Waals surface area contributed by atoms with Crippen molar-refractivity contribution in [3.05, 3.63) is 18.3 Å². The van der Waals surface area contributed by atoms with Crippen molar-refractivity contribution in [3.63, 3.8) is 0 Å². The van der Waals surface area contributed by atoms with Crippen LogP contribution in [-0.2, 0) is 10.0 Å². The van der Waals surface area contributed by atoms with Gasteiger partial charge in [-0.15, -0.1) is 0 Å². The average Bonchev–Trinajstić information content (AvgIpc) is 2.48. The minimum absolute atomic E-state index is 0.0480. The fourth-order valence-electron chi connectivity index (χ4n) is 2.53. The van der Waals surface area contributed by atoms with E-state index in [0.29, 0.717) is 11.1 Å². The lowest BCUT2D eigenvalue weighted by atomic mass is 9.96. The fraction of sp³-hybridized carbons (Fsp3) is 0.643. The Morgan fingerprint density at radius 1 is 1.29 bits per heavy atom. The van der Waals surface area contributed by atoms with Gasteiger partial charge in [-0.1, -0.05) is 0 Å². The van der Waals surface area contributed by atoms with Gasteiger partial charge in [-0.25, -0.2) is 18.1 Å². The number of pyridine rings is 1. The highest BCUT2D eigenvalue weighted by atomic mass is 32.2. The number of nitrogens with zero attached hydrogens (tertiary/aromatic N) is 1. The van der Waals surface area contributed by atoms with Crippen LogP contribution in [0.1, 0.15) is 32.6 Å². The van der Waals surface area contributed by atoms with Crippen molar-refractivity contribution in [2.24, 2.45) is 0 Å². The SMILES string of the molecule is CCNc1ccc(S(=O)(=O)NC2CCC(SC)CC2)cn1. The van der Waals surface area contributed by atoms with E-state index in [9.17, 15) is 8.42 Å². The van der Waals surface area contributed by atoms with Gasteiger partial charge < -0.3 is 5.32 Å². The van der Waals surface area contributed by atoms with Crippen LogP contribution >= 0.6 is 11.8 Å². The van der Waals surface area contributed by atoms with Crippen LogP contribution in [0.4, 0.5) is 5.82 Å². The van der Waals surface area contributed by atoms with Crippen LogP contribution in [0.5, 0.6) is 0 Å². The minimum Gasteiger partial charge on any atom is -0.370 e. The van der Waals surface area contributed by atoms with Gasteiger partial charge >= 0.3 is 0 Å². The lowest BCUT2D eigenvalue weighted by Crippen LogP contribution is -2.38. The van der Waals surface area contributed by atoms with Crippen molar-refractivity contribution in [2.45, 2.75) is 48.8 Å². The molecule has 1 aromatic heterocycles. The van der Waals surface area contributed by atoms with Crippen LogP contribution in [0.2, 0.25) is 0 Å². The predicted molar refractivity (Wildman–Crippen MR) is 88.3 cm³/mol. The van der Waals surface area contributed by atoms with Crippen molar-refractivity contribution in [1.82, 2.24) is 9.71 Å². The van der Waals surface area contributed by atoms with Gasteiger partial charge in [0.15, 0.2) is 0 Å². The average molecular weight is 329 g/mol. The summed E-state index contributed by atoms with van der Waals surface area (Å²) in [6, 6.07) is 3.34. The second-order valence-electron chi connectivity index (χ2n) is 5.24. The first-order chi connectivity index (χ1) is 10.0. The van der Waals surface area contributed by atoms with Crippen molar-refractivity contribution >= 4 is 27.6 Å². The van der Waals surface area contributed by atoms with E-state index in [0.717, 1.165) is 32.2 Å². The maximum Gasteiger partial charge on any atom is 0.242 e. The highest BCUT2D eigenvalue weighted by Gasteiger charge is 2.25. The highest BCUT2D eigenvalue weighted by molar-refractivity contribution is 7.99. The Kier molecular flexibility index (Phi) is 5.89. The molecular weight excluding hydrogens is 306 g/mol. The van der Waals surface area contributed by atoms with E-state index in [1.165, 1.54) is 6.20 Å². The van der Waals surface area contributed by atoms with Crippen molar-refractivity contribution in [3.8, 4) is 0 Å². The van der Waals surface area contributed by atoms with Crippen molar-refractivity contribution in [2.75, 3.05) is 18.1 Å². The zero-order valence-corrected chi connectivity index (χ0v) is 14.1. The first-order valence-corrected chi connectivity index (χ1v) is 10.1. The van der Waals surface area contributed by atoms with E-state index in [4.69, 9.17) is 0 Å². The maximum atomic E-state index is 12.3. The molecule has 0 aromatic carbocycles. The number of hydrogen-bond acceptors (Lipinski definition) is 5. The summed E-state index contributed by atoms with van der Waals surface area (Å²) in [5.74, 6) is 0.692. The Morgan fingerprint density at radius 3 is 2.52 bits per heavy atom. The van der Waals surface area contributed by atoms with Crippen LogP contribution in [-0.4, -0.2) is 37.5 Å². The Labute approximate surface area is 131 Å². The number of aromatic nitrogens is 1. The third kappa shape index (κ3) is 4.59. The van der Waals surface area contributed by atoms with E-state index in [1.807, 2.05) is 18.7 Å². The molecule has 0 radical (unpaired) electrons. The zero-order chi connectivity index (χ0) is 15.3. The van der Waals surface area contributed by atoms with Gasteiger partial charge in [-0.3, -0.25) is 0 Å². The minimum atomic E-state index is -3.46. The number of rotatable bonds is 6. The first-order valence-electron chi connectivity index (χ1n) is 7.30. The van der Waals surface area contributed by atoms with E-state index >= 15 is 0 Å². The zero-order valence-electron chi connectivity index (χ0n) is 12.5. The number of hydrogen-bond donors (Lipinski definition) is 2. The van der Waals surface area contributed by atoms with Crippen molar-refractivity contribution in [1.29, 1.82) is 0 Å². The first kappa shape index (κ1) is 16.6. The van der Waals surface area contributed by atoms with Crippen LogP contribution in [0.15, 0.2) is 23.2 Å². The Bertz CT molecular complexity index is 538. The Morgan fingerprint density at radius 2 is 2.00 bits per heavy atom. The third-order valence-electron chi connectivity index (χ3n) is 3.73. The molecule has 0 atom stereocenters. The summed E-state index contributed by atoms with van der Waals surface area (Å²) in [6.07, 6.45) is 7.50. The number of nitrogens with one attached hydrogen (secondary N) is 2. The monoisotopic (exact) mass is 329 g/mol. The topological polar surface area (TPSA) is 71.1 Å². The molecule has 0 unspecified atom stereocenters. The molecule has 1 fully saturated rings. The molecule has 0 spiro atoms. The molecule has 118 valence electrons. The molecule has 5 nitrogen and oxygen atoms in total. The molecule has 0 bridgehead atoms. The molecular formula is C14H23N3O2S2. The standard InChI is InChI=1S/C14H23N3O2S2/c1-3-15-14-9-8-13(10-16-14)21(18,19)17-11-4-6-12(20-2)7-5-11/h8-12,17H,3-7H2,1-2H3,(H,15,16). The van der Waals surface area contributed by atoms with Crippen LogP contribution < -0.4 is 10.0 Å². The molecule has 1 heterocycles. The summed E-state index contributed by atoms with van der Waals surface area (Å²) in [7, 11) is -3.46. The summed E-state index contributed by atoms with van der Waals surface area (Å²) < 4.78 is 27.5. The van der Waals surface area contributed by atoms with E-state index < -0.39 is 10.0 Å². The lowest BCUT2D eigenvalue weighted by molar-refractivity contribution is 0.420. The van der Waals surface area contributed by atoms with Crippen molar-refractivity contribution < 1.29 is 8.42 Å². The summed E-state index contributed by atoms with van der Waals surface area (Å²) in [6.45, 7) is 2.73. The van der Waals surface area contributed by atoms with Gasteiger partial charge in [-0.05, 0) is 51.0 Å². The molecule has 7 heteroatoms. The fourth-order valence-corrected chi connectivity index (χ4v) is 4.52. The molecule has 1 aliphatic rings. The van der Waals surface area contributed by atoms with E-state index in [1.54, 1.807) is 12.1 Å². The molecule has 1 aromatic rings. The van der Waals surface area contributed by atoms with Gasteiger partial charge in [-0.2, -0.15) is 11.8 Å². The molecule has 1 saturated carbocycles. The molecule has 0 saturated heterocycles. The molecule has 1 aliphatic carbocycles. The Balaban J connectivity index is 1.98. The second kappa shape index (κ2) is 7.47. The van der Waals surface area contributed by atoms with Crippen LogP contribution in [0.25, 0.3) is 0 Å². The van der Waals surface area contributed by atoms with Gasteiger partial charge in [0.25, 0.3) is 0 Å². The number of thioether (sulfide) groups is 1. The van der Waals surface area contributed by atoms with Crippen LogP contribution in [0, 0.1) is 0 Å². The van der Waals surface area contributed by atoms with E-state index in [2.05, 4.69) is 21.3 Å². The van der Waals surface area contributed by atoms with Gasteiger partial charge in [0, 0.05) is 24.0 Å². The predicted octanol–water partition coefficient (Wildman–Crippen LogP) is 2.47. The normalized spacial score (nSPS) is 23.0. The molecule has 2 rings (SSSR count). The summed E-state index contributed by atoms with van der Waals surface area (Å²) in [5.41, 5.74) is 0. The quantitative estimate of drug-likeness (QED) is 0.839. The summed E-state index contributed by atoms with van der Waals surface area (Å²) >= 11 is 1.87. The lowest BCUT2D eigenvalue weighted by Gasteiger charge is -2.27.